The lowest BCUT2D eigenvalue weighted by atomic mass is 9.70. The zero-order chi connectivity index (χ0) is 14.6. The molecule has 20 heavy (non-hydrogen) atoms. The molecule has 0 aromatic carbocycles. The maximum Gasteiger partial charge on any atom is 0.0359 e. The molecule has 2 rings (SSSR count). The average Bonchev–Trinajstić information content (AvgIpc) is 2.99. The van der Waals surface area contributed by atoms with Gasteiger partial charge in [-0.25, -0.2) is 0 Å². The molecule has 2 nitrogen and oxygen atoms in total. The van der Waals surface area contributed by atoms with Crippen LogP contribution in [0, 0.1) is 5.92 Å². The summed E-state index contributed by atoms with van der Waals surface area (Å²) in [6.07, 6.45) is 7.74. The normalized spacial score (nSPS) is 28.8. The molecule has 0 bridgehead atoms. The van der Waals surface area contributed by atoms with Crippen molar-refractivity contribution in [3.05, 3.63) is 22.4 Å². The summed E-state index contributed by atoms with van der Waals surface area (Å²) in [6.45, 7) is 5.49. The molecule has 0 amide bonds. The van der Waals surface area contributed by atoms with Crippen LogP contribution in [0.1, 0.15) is 50.8 Å². The van der Waals surface area contributed by atoms with E-state index in [-0.39, 0.29) is 5.54 Å². The number of hydrogen-bond donors (Lipinski definition) is 1. The van der Waals surface area contributed by atoms with Gasteiger partial charge in [0.05, 0.1) is 0 Å². The second kappa shape index (κ2) is 7.06. The summed E-state index contributed by atoms with van der Waals surface area (Å²) in [5.41, 5.74) is 6.50. The van der Waals surface area contributed by atoms with Gasteiger partial charge in [-0.15, -0.1) is 11.3 Å². The van der Waals surface area contributed by atoms with Crippen LogP contribution in [-0.4, -0.2) is 30.1 Å². The van der Waals surface area contributed by atoms with Crippen molar-refractivity contribution in [3.8, 4) is 0 Å². The van der Waals surface area contributed by atoms with E-state index in [1.54, 1.807) is 0 Å². The molecule has 1 saturated carbocycles. The average molecular weight is 295 g/mol. The predicted octanol–water partition coefficient (Wildman–Crippen LogP) is 3.91. The number of thiophene rings is 1. The van der Waals surface area contributed by atoms with Crippen molar-refractivity contribution in [3.63, 3.8) is 0 Å². The number of rotatable bonds is 6. The van der Waals surface area contributed by atoms with Crippen molar-refractivity contribution in [2.24, 2.45) is 11.7 Å². The Labute approximate surface area is 128 Å². The summed E-state index contributed by atoms with van der Waals surface area (Å²) in [7, 11) is 2.30. The van der Waals surface area contributed by atoms with Gasteiger partial charge in [-0.2, -0.15) is 0 Å². The minimum absolute atomic E-state index is 0.226. The minimum atomic E-state index is 0.226. The summed E-state index contributed by atoms with van der Waals surface area (Å²) in [5, 5.41) is 2.18. The Kier molecular flexibility index (Phi) is 5.65. The van der Waals surface area contributed by atoms with Crippen LogP contribution in [0.2, 0.25) is 0 Å². The van der Waals surface area contributed by atoms with Gasteiger partial charge in [0.2, 0.25) is 0 Å². The van der Waals surface area contributed by atoms with Gasteiger partial charge < -0.3 is 5.73 Å². The SMILES string of the molecule is CCC1CCCCC1(CN)N(C)C(C)Cc1cccs1. The first kappa shape index (κ1) is 16.0. The van der Waals surface area contributed by atoms with Crippen molar-refractivity contribution >= 4 is 11.3 Å². The molecular weight excluding hydrogens is 264 g/mol. The second-order valence-electron chi connectivity index (χ2n) is 6.40. The molecule has 1 aromatic heterocycles. The van der Waals surface area contributed by atoms with Gasteiger partial charge in [-0.3, -0.25) is 4.90 Å². The molecule has 3 unspecified atom stereocenters. The van der Waals surface area contributed by atoms with E-state index in [9.17, 15) is 0 Å². The first-order chi connectivity index (χ1) is 9.64. The lowest BCUT2D eigenvalue weighted by molar-refractivity contribution is -0.00132. The third-order valence-corrected chi connectivity index (χ3v) is 6.36. The summed E-state index contributed by atoms with van der Waals surface area (Å²) in [5.74, 6) is 0.761. The highest BCUT2D eigenvalue weighted by molar-refractivity contribution is 7.09. The molecule has 0 saturated heterocycles. The van der Waals surface area contributed by atoms with Crippen LogP contribution in [0.5, 0.6) is 0 Å². The Morgan fingerprint density at radius 3 is 2.90 bits per heavy atom. The standard InChI is InChI=1S/C17H30N2S/c1-4-15-8-5-6-10-17(15,13-18)19(3)14(2)12-16-9-7-11-20-16/h7,9,11,14-15H,4-6,8,10,12-13,18H2,1-3H3. The van der Waals surface area contributed by atoms with E-state index >= 15 is 0 Å². The zero-order valence-electron chi connectivity index (χ0n) is 13.3. The number of hydrogen-bond acceptors (Lipinski definition) is 3. The van der Waals surface area contributed by atoms with Crippen molar-refractivity contribution < 1.29 is 0 Å². The van der Waals surface area contributed by atoms with E-state index in [1.807, 2.05) is 11.3 Å². The molecular formula is C17H30N2S. The second-order valence-corrected chi connectivity index (χ2v) is 7.43. The Morgan fingerprint density at radius 2 is 2.30 bits per heavy atom. The van der Waals surface area contributed by atoms with Crippen LogP contribution in [0.25, 0.3) is 0 Å². The van der Waals surface area contributed by atoms with Crippen LogP contribution < -0.4 is 5.73 Å². The van der Waals surface area contributed by atoms with Gasteiger partial charge in [-0.05, 0) is 50.6 Å². The Balaban J connectivity index is 2.12. The largest absolute Gasteiger partial charge is 0.329 e. The van der Waals surface area contributed by atoms with Crippen LogP contribution in [0.4, 0.5) is 0 Å². The van der Waals surface area contributed by atoms with Gasteiger partial charge in [-0.1, -0.05) is 32.3 Å². The van der Waals surface area contributed by atoms with Gasteiger partial charge in [0.25, 0.3) is 0 Å². The molecule has 1 fully saturated rings. The fourth-order valence-corrected chi connectivity index (χ4v) is 4.88. The van der Waals surface area contributed by atoms with Gasteiger partial charge in [0.15, 0.2) is 0 Å². The first-order valence-electron chi connectivity index (χ1n) is 8.09. The fraction of sp³-hybridized carbons (Fsp3) is 0.765. The van der Waals surface area contributed by atoms with E-state index in [0.717, 1.165) is 18.9 Å². The summed E-state index contributed by atoms with van der Waals surface area (Å²) in [4.78, 5) is 4.10. The van der Waals surface area contributed by atoms with Crippen molar-refractivity contribution in [2.75, 3.05) is 13.6 Å². The lowest BCUT2D eigenvalue weighted by Gasteiger charge is -2.52. The van der Waals surface area contributed by atoms with Gasteiger partial charge in [0, 0.05) is 23.0 Å². The third-order valence-electron chi connectivity index (χ3n) is 5.46. The first-order valence-corrected chi connectivity index (χ1v) is 8.97. The van der Waals surface area contributed by atoms with Gasteiger partial charge >= 0.3 is 0 Å². The van der Waals surface area contributed by atoms with E-state index in [4.69, 9.17) is 5.73 Å². The summed E-state index contributed by atoms with van der Waals surface area (Å²) < 4.78 is 0. The van der Waals surface area contributed by atoms with Crippen LogP contribution in [0.3, 0.4) is 0 Å². The van der Waals surface area contributed by atoms with E-state index in [0.29, 0.717) is 6.04 Å². The molecule has 3 heteroatoms. The van der Waals surface area contributed by atoms with E-state index in [2.05, 4.69) is 43.3 Å². The number of nitrogens with zero attached hydrogens (tertiary/aromatic N) is 1. The number of likely N-dealkylation sites (N-methyl/N-ethyl adjacent to an activating group) is 1. The molecule has 1 aliphatic carbocycles. The smallest absolute Gasteiger partial charge is 0.0359 e. The monoisotopic (exact) mass is 294 g/mol. The van der Waals surface area contributed by atoms with Crippen molar-refractivity contribution in [1.29, 1.82) is 0 Å². The highest BCUT2D eigenvalue weighted by Crippen LogP contribution is 2.40. The predicted molar refractivity (Wildman–Crippen MR) is 89.3 cm³/mol. The fourth-order valence-electron chi connectivity index (χ4n) is 4.05. The highest BCUT2D eigenvalue weighted by atomic mass is 32.1. The van der Waals surface area contributed by atoms with Crippen molar-refractivity contribution in [2.45, 2.75) is 64.0 Å². The molecule has 2 N–H and O–H groups in total. The van der Waals surface area contributed by atoms with Crippen LogP contribution in [0.15, 0.2) is 17.5 Å². The topological polar surface area (TPSA) is 29.3 Å². The third kappa shape index (κ3) is 3.10. The maximum absolute atomic E-state index is 6.28. The molecule has 0 radical (unpaired) electrons. The maximum atomic E-state index is 6.28. The molecule has 114 valence electrons. The van der Waals surface area contributed by atoms with E-state index in [1.165, 1.54) is 37.0 Å². The minimum Gasteiger partial charge on any atom is -0.329 e. The Bertz CT molecular complexity index is 390. The summed E-state index contributed by atoms with van der Waals surface area (Å²) >= 11 is 1.87. The van der Waals surface area contributed by atoms with Crippen molar-refractivity contribution in [1.82, 2.24) is 4.90 Å². The summed E-state index contributed by atoms with van der Waals surface area (Å²) in [6, 6.07) is 4.97. The number of nitrogens with two attached hydrogens (primary N) is 1. The van der Waals surface area contributed by atoms with E-state index < -0.39 is 0 Å². The Morgan fingerprint density at radius 1 is 1.50 bits per heavy atom. The molecule has 1 aromatic rings. The molecule has 0 aliphatic heterocycles. The highest BCUT2D eigenvalue weighted by Gasteiger charge is 2.43. The quantitative estimate of drug-likeness (QED) is 0.862. The Hall–Kier alpha value is -0.380. The molecule has 1 heterocycles. The lowest BCUT2D eigenvalue weighted by Crippen LogP contribution is -2.61. The molecule has 0 spiro atoms. The molecule has 1 aliphatic rings. The van der Waals surface area contributed by atoms with Gasteiger partial charge in [0.1, 0.15) is 0 Å². The van der Waals surface area contributed by atoms with Crippen LogP contribution >= 0.6 is 11.3 Å². The zero-order valence-corrected chi connectivity index (χ0v) is 14.1. The molecule has 3 atom stereocenters. The van der Waals surface area contributed by atoms with Crippen LogP contribution in [-0.2, 0) is 6.42 Å².